The van der Waals surface area contributed by atoms with Crippen LogP contribution in [0, 0.1) is 15.9 Å². The number of anilines is 1. The van der Waals surface area contributed by atoms with E-state index in [1.165, 1.54) is 35.6 Å². The minimum Gasteiger partial charge on any atom is -0.296 e. The van der Waals surface area contributed by atoms with E-state index in [-0.39, 0.29) is 17.4 Å². The largest absolute Gasteiger partial charge is 0.296 e. The summed E-state index contributed by atoms with van der Waals surface area (Å²) in [5.41, 5.74) is 2.28. The van der Waals surface area contributed by atoms with Crippen molar-refractivity contribution in [1.29, 1.82) is 0 Å². The molecular formula is C19H10FN5O3S2. The molecule has 3 heterocycles. The van der Waals surface area contributed by atoms with E-state index in [1.807, 2.05) is 0 Å². The molecule has 3 aromatic heterocycles. The summed E-state index contributed by atoms with van der Waals surface area (Å²) < 4.78 is 15.4. The van der Waals surface area contributed by atoms with Gasteiger partial charge in [0.25, 0.3) is 11.6 Å². The summed E-state index contributed by atoms with van der Waals surface area (Å²) in [5, 5.41) is 15.7. The molecule has 11 heteroatoms. The van der Waals surface area contributed by atoms with Gasteiger partial charge < -0.3 is 0 Å². The monoisotopic (exact) mass is 439 g/mol. The standard InChI is InChI=1S/C19H10FN5O3S2/c20-11-3-1-10(2-4-11)14-8-24-15(9-29-19(24)22-14)17(26)23-18-21-13-6-5-12(25(27)28)7-16(13)30-18/h1-9H,(H,21,23,26). The molecule has 1 amide bonds. The van der Waals surface area contributed by atoms with Gasteiger partial charge in [0, 0.05) is 29.3 Å². The topological polar surface area (TPSA) is 102 Å². The van der Waals surface area contributed by atoms with Crippen LogP contribution in [0.15, 0.2) is 54.0 Å². The zero-order valence-electron chi connectivity index (χ0n) is 14.9. The molecule has 0 aliphatic rings. The average molecular weight is 439 g/mol. The number of non-ortho nitro benzene ring substituents is 1. The summed E-state index contributed by atoms with van der Waals surface area (Å²) in [6.45, 7) is 0. The van der Waals surface area contributed by atoms with Gasteiger partial charge >= 0.3 is 0 Å². The van der Waals surface area contributed by atoms with Crippen molar-refractivity contribution in [2.75, 3.05) is 5.32 Å². The van der Waals surface area contributed by atoms with Crippen molar-refractivity contribution in [3.63, 3.8) is 0 Å². The molecule has 0 bridgehead atoms. The second-order valence-corrected chi connectivity index (χ2v) is 8.16. The average Bonchev–Trinajstić information content (AvgIpc) is 3.40. The highest BCUT2D eigenvalue weighted by molar-refractivity contribution is 7.22. The summed E-state index contributed by atoms with van der Waals surface area (Å²) in [7, 11) is 0. The summed E-state index contributed by atoms with van der Waals surface area (Å²) in [6, 6.07) is 10.3. The Labute approximate surface area is 175 Å². The van der Waals surface area contributed by atoms with Gasteiger partial charge in [0.15, 0.2) is 10.1 Å². The van der Waals surface area contributed by atoms with Crippen LogP contribution < -0.4 is 5.32 Å². The number of aromatic nitrogens is 3. The molecule has 0 spiro atoms. The van der Waals surface area contributed by atoms with E-state index in [4.69, 9.17) is 0 Å². The number of rotatable bonds is 4. The Morgan fingerprint density at radius 1 is 1.17 bits per heavy atom. The first-order valence-corrected chi connectivity index (χ1v) is 10.3. The number of carbonyl (C=O) groups excluding carboxylic acids is 1. The quantitative estimate of drug-likeness (QED) is 0.315. The Morgan fingerprint density at radius 2 is 1.97 bits per heavy atom. The Morgan fingerprint density at radius 3 is 2.73 bits per heavy atom. The van der Waals surface area contributed by atoms with E-state index < -0.39 is 4.92 Å². The van der Waals surface area contributed by atoms with Crippen molar-refractivity contribution in [1.82, 2.24) is 14.4 Å². The molecule has 5 rings (SSSR count). The molecule has 30 heavy (non-hydrogen) atoms. The molecule has 148 valence electrons. The molecule has 8 nitrogen and oxygen atoms in total. The Kier molecular flexibility index (Phi) is 4.26. The maximum atomic E-state index is 13.1. The predicted octanol–water partition coefficient (Wildman–Crippen LogP) is 4.97. The first-order valence-electron chi connectivity index (χ1n) is 8.57. The Bertz CT molecular complexity index is 1440. The van der Waals surface area contributed by atoms with Crippen molar-refractivity contribution in [3.8, 4) is 11.3 Å². The molecule has 0 aliphatic heterocycles. The van der Waals surface area contributed by atoms with Crippen LogP contribution in [0.3, 0.4) is 0 Å². The molecule has 5 aromatic rings. The fourth-order valence-electron chi connectivity index (χ4n) is 2.95. The number of hydrogen-bond acceptors (Lipinski definition) is 7. The van der Waals surface area contributed by atoms with Crippen molar-refractivity contribution in [3.05, 3.63) is 75.7 Å². The minimum absolute atomic E-state index is 0.0321. The number of amides is 1. The Hall–Kier alpha value is -3.70. The van der Waals surface area contributed by atoms with Crippen molar-refractivity contribution < 1.29 is 14.1 Å². The van der Waals surface area contributed by atoms with Gasteiger partial charge in [-0.2, -0.15) is 0 Å². The summed E-state index contributed by atoms with van der Waals surface area (Å²) in [5.74, 6) is -0.709. The first-order chi connectivity index (χ1) is 14.5. The van der Waals surface area contributed by atoms with Crippen LogP contribution in [0.4, 0.5) is 15.2 Å². The molecule has 0 fully saturated rings. The number of hydrogen-bond donors (Lipinski definition) is 1. The van der Waals surface area contributed by atoms with Crippen LogP contribution in [0.1, 0.15) is 10.5 Å². The number of fused-ring (bicyclic) bond motifs is 2. The van der Waals surface area contributed by atoms with Crippen molar-refractivity contribution in [2.24, 2.45) is 0 Å². The number of carbonyl (C=O) groups is 1. The zero-order valence-corrected chi connectivity index (χ0v) is 16.5. The van der Waals surface area contributed by atoms with Crippen LogP contribution >= 0.6 is 22.7 Å². The van der Waals surface area contributed by atoms with Crippen molar-refractivity contribution >= 4 is 54.6 Å². The van der Waals surface area contributed by atoms with E-state index in [0.29, 0.717) is 31.7 Å². The molecule has 2 aromatic carbocycles. The highest BCUT2D eigenvalue weighted by atomic mass is 32.1. The van der Waals surface area contributed by atoms with Gasteiger partial charge in [0.1, 0.15) is 11.5 Å². The third-order valence-electron chi connectivity index (χ3n) is 4.38. The lowest BCUT2D eigenvalue weighted by molar-refractivity contribution is -0.384. The van der Waals surface area contributed by atoms with Crippen LogP contribution in [0.5, 0.6) is 0 Å². The number of nitrogens with one attached hydrogen (secondary N) is 1. The molecule has 0 atom stereocenters. The van der Waals surface area contributed by atoms with Crippen LogP contribution in [-0.2, 0) is 0 Å². The predicted molar refractivity (Wildman–Crippen MR) is 113 cm³/mol. The second kappa shape index (κ2) is 6.97. The zero-order chi connectivity index (χ0) is 20.8. The smallest absolute Gasteiger partial charge is 0.275 e. The van der Waals surface area contributed by atoms with E-state index >= 15 is 0 Å². The van der Waals surface area contributed by atoms with Crippen LogP contribution in [-0.4, -0.2) is 25.2 Å². The molecule has 1 N–H and O–H groups in total. The van der Waals surface area contributed by atoms with Crippen LogP contribution in [0.2, 0.25) is 0 Å². The maximum Gasteiger partial charge on any atom is 0.275 e. The normalized spacial score (nSPS) is 11.2. The number of thiazole rings is 2. The Balaban J connectivity index is 1.44. The van der Waals surface area contributed by atoms with Gasteiger partial charge in [-0.1, -0.05) is 11.3 Å². The molecule has 0 radical (unpaired) electrons. The van der Waals surface area contributed by atoms with E-state index in [1.54, 1.807) is 34.2 Å². The molecule has 0 saturated carbocycles. The number of nitro groups is 1. The summed E-state index contributed by atoms with van der Waals surface area (Å²) in [4.78, 5) is 32.7. The molecule has 0 unspecified atom stereocenters. The van der Waals surface area contributed by atoms with Crippen LogP contribution in [0.25, 0.3) is 26.4 Å². The third kappa shape index (κ3) is 3.19. The van der Waals surface area contributed by atoms with Gasteiger partial charge in [-0.15, -0.1) is 11.3 Å². The number of halogens is 1. The van der Waals surface area contributed by atoms with Gasteiger partial charge in [0.05, 0.1) is 20.8 Å². The number of nitro benzene ring substituents is 1. The summed E-state index contributed by atoms with van der Waals surface area (Å²) in [6.07, 6.45) is 1.72. The first kappa shape index (κ1) is 18.3. The molecule has 0 saturated heterocycles. The maximum absolute atomic E-state index is 13.1. The number of imidazole rings is 1. The molecular weight excluding hydrogens is 429 g/mol. The van der Waals surface area contributed by atoms with Gasteiger partial charge in [-0.05, 0) is 30.3 Å². The minimum atomic E-state index is -0.475. The fraction of sp³-hybridized carbons (Fsp3) is 0. The van der Waals surface area contributed by atoms with Gasteiger partial charge in [0.2, 0.25) is 0 Å². The SMILES string of the molecule is O=C(Nc1nc2ccc([N+](=O)[O-])cc2s1)c1csc2nc(-c3ccc(F)cc3)cn12. The fourth-order valence-corrected chi connectivity index (χ4v) is 4.70. The number of nitrogens with zero attached hydrogens (tertiary/aromatic N) is 4. The van der Waals surface area contributed by atoms with E-state index in [2.05, 4.69) is 15.3 Å². The van der Waals surface area contributed by atoms with Crippen molar-refractivity contribution in [2.45, 2.75) is 0 Å². The number of benzene rings is 2. The second-order valence-electron chi connectivity index (χ2n) is 6.29. The highest BCUT2D eigenvalue weighted by Crippen LogP contribution is 2.30. The lowest BCUT2D eigenvalue weighted by atomic mass is 10.2. The van der Waals surface area contributed by atoms with E-state index in [0.717, 1.165) is 16.9 Å². The third-order valence-corrected chi connectivity index (χ3v) is 6.16. The van der Waals surface area contributed by atoms with Gasteiger partial charge in [-0.3, -0.25) is 24.6 Å². The lowest BCUT2D eigenvalue weighted by Gasteiger charge is -2.00. The lowest BCUT2D eigenvalue weighted by Crippen LogP contribution is -2.13. The van der Waals surface area contributed by atoms with Gasteiger partial charge in [-0.25, -0.2) is 14.4 Å². The molecule has 0 aliphatic carbocycles. The highest BCUT2D eigenvalue weighted by Gasteiger charge is 2.18. The summed E-state index contributed by atoms with van der Waals surface area (Å²) >= 11 is 2.47. The van der Waals surface area contributed by atoms with E-state index in [9.17, 15) is 19.3 Å².